The van der Waals surface area contributed by atoms with Gasteiger partial charge in [0.2, 0.25) is 0 Å². The molecule has 0 saturated carbocycles. The Balaban J connectivity index is 1.55. The van der Waals surface area contributed by atoms with Crippen LogP contribution in [0.15, 0.2) is 81.1 Å². The van der Waals surface area contributed by atoms with E-state index in [1.807, 2.05) is 49.4 Å². The number of hydrogen-bond acceptors (Lipinski definition) is 6. The van der Waals surface area contributed by atoms with Crippen molar-refractivity contribution in [2.75, 3.05) is 13.7 Å². The summed E-state index contributed by atoms with van der Waals surface area (Å²) in [5, 5.41) is 9.73. The van der Waals surface area contributed by atoms with Crippen LogP contribution in [0, 0.1) is 0 Å². The van der Waals surface area contributed by atoms with E-state index >= 15 is 0 Å². The number of rotatable bonds is 8. The third-order valence-electron chi connectivity index (χ3n) is 5.32. The third kappa shape index (κ3) is 5.98. The molecule has 3 aromatic rings. The van der Waals surface area contributed by atoms with Crippen LogP contribution in [0.3, 0.4) is 0 Å². The fourth-order valence-electron chi connectivity index (χ4n) is 3.48. The topological polar surface area (TPSA) is 88.4 Å². The lowest BCUT2D eigenvalue weighted by atomic mass is 10.1. The molecule has 0 aromatic heterocycles. The molecule has 1 aliphatic heterocycles. The predicted octanol–water partition coefficient (Wildman–Crippen LogP) is 6.36. The monoisotopic (exact) mass is 566 g/mol. The quantitative estimate of drug-likeness (QED) is 0.319. The molecule has 184 valence electrons. The van der Waals surface area contributed by atoms with Crippen LogP contribution in [0.1, 0.15) is 28.4 Å². The van der Waals surface area contributed by atoms with E-state index in [2.05, 4.69) is 20.9 Å². The number of nitrogens with zero attached hydrogens (tertiary/aromatic N) is 2. The Morgan fingerprint density at radius 1 is 1.11 bits per heavy atom. The Kier molecular flexibility index (Phi) is 8.12. The van der Waals surface area contributed by atoms with Crippen molar-refractivity contribution in [3.63, 3.8) is 0 Å². The van der Waals surface area contributed by atoms with E-state index in [-0.39, 0.29) is 11.5 Å². The summed E-state index contributed by atoms with van der Waals surface area (Å²) in [6, 6.07) is 19.7. The molecule has 0 atom stereocenters. The molecule has 0 radical (unpaired) electrons. The van der Waals surface area contributed by atoms with Crippen LogP contribution in [-0.2, 0) is 11.4 Å². The Bertz CT molecular complexity index is 1350. The molecule has 0 aliphatic carbocycles. The summed E-state index contributed by atoms with van der Waals surface area (Å²) in [5.41, 5.74) is 2.42. The van der Waals surface area contributed by atoms with Gasteiger partial charge in [-0.2, -0.15) is 0 Å². The number of carbonyl (C=O) groups is 2. The number of benzene rings is 3. The number of likely N-dealkylation sites (N-methyl/N-ethyl adjacent to an activating group) is 1. The average Bonchev–Trinajstić information content (AvgIpc) is 3.17. The van der Waals surface area contributed by atoms with Crippen molar-refractivity contribution >= 4 is 56.5 Å². The molecule has 1 fully saturated rings. The van der Waals surface area contributed by atoms with Crippen molar-refractivity contribution < 1.29 is 24.2 Å². The first-order valence-electron chi connectivity index (χ1n) is 11.1. The maximum absolute atomic E-state index is 13.0. The van der Waals surface area contributed by atoms with E-state index in [9.17, 15) is 14.7 Å². The smallest absolute Gasteiger partial charge is 0.335 e. The SMILES string of the molecule is CCN1C(=O)/C(=C/c2ccc(OCc3ccc(Br)cc3)c(OC)c2)SC1=Nc1cccc(C(=O)O)c1. The van der Waals surface area contributed by atoms with Gasteiger partial charge in [0.15, 0.2) is 16.7 Å². The zero-order valence-electron chi connectivity index (χ0n) is 19.6. The van der Waals surface area contributed by atoms with E-state index in [0.29, 0.717) is 40.4 Å². The fraction of sp³-hybridized carbons (Fsp3) is 0.148. The summed E-state index contributed by atoms with van der Waals surface area (Å²) in [6.45, 7) is 2.70. The second kappa shape index (κ2) is 11.5. The van der Waals surface area contributed by atoms with E-state index in [1.54, 1.807) is 30.2 Å². The third-order valence-corrected chi connectivity index (χ3v) is 6.85. The minimum absolute atomic E-state index is 0.138. The van der Waals surface area contributed by atoms with Gasteiger partial charge in [0.1, 0.15) is 6.61 Å². The predicted molar refractivity (Wildman–Crippen MR) is 145 cm³/mol. The summed E-state index contributed by atoms with van der Waals surface area (Å²) in [6.07, 6.45) is 1.78. The molecule has 1 aliphatic rings. The van der Waals surface area contributed by atoms with Crippen molar-refractivity contribution in [1.29, 1.82) is 0 Å². The maximum atomic E-state index is 13.0. The highest BCUT2D eigenvalue weighted by atomic mass is 79.9. The standard InChI is InChI=1S/C27H23BrN2O5S/c1-3-30-25(31)24(36-27(30)29-21-6-4-5-19(15-21)26(32)33)14-18-9-12-22(23(13-18)34-2)35-16-17-7-10-20(28)11-8-17/h4-15H,3,16H2,1-2H3,(H,32,33)/b24-14-,29-27?. The number of hydrogen-bond donors (Lipinski definition) is 1. The molecule has 1 N–H and O–H groups in total. The molecule has 1 saturated heterocycles. The van der Waals surface area contributed by atoms with Crippen LogP contribution in [-0.4, -0.2) is 40.7 Å². The average molecular weight is 567 g/mol. The second-order valence-corrected chi connectivity index (χ2v) is 9.66. The number of methoxy groups -OCH3 is 1. The van der Waals surface area contributed by atoms with E-state index in [4.69, 9.17) is 9.47 Å². The highest BCUT2D eigenvalue weighted by Crippen LogP contribution is 2.36. The number of aliphatic imine (C=N–C) groups is 1. The van der Waals surface area contributed by atoms with Crippen LogP contribution in [0.4, 0.5) is 5.69 Å². The highest BCUT2D eigenvalue weighted by molar-refractivity contribution is 9.10. The number of amides is 1. The van der Waals surface area contributed by atoms with Crippen LogP contribution in [0.25, 0.3) is 6.08 Å². The van der Waals surface area contributed by atoms with Gasteiger partial charge in [-0.15, -0.1) is 0 Å². The number of carboxylic acids is 1. The van der Waals surface area contributed by atoms with Crippen molar-refractivity contribution in [3.8, 4) is 11.5 Å². The largest absolute Gasteiger partial charge is 0.493 e. The van der Waals surface area contributed by atoms with Gasteiger partial charge < -0.3 is 14.6 Å². The van der Waals surface area contributed by atoms with Gasteiger partial charge in [-0.25, -0.2) is 9.79 Å². The van der Waals surface area contributed by atoms with Gasteiger partial charge in [0.05, 0.1) is 23.3 Å². The van der Waals surface area contributed by atoms with Gasteiger partial charge >= 0.3 is 5.97 Å². The minimum atomic E-state index is -1.03. The van der Waals surface area contributed by atoms with Crippen LogP contribution < -0.4 is 9.47 Å². The van der Waals surface area contributed by atoms with E-state index in [1.165, 1.54) is 23.9 Å². The summed E-state index contributed by atoms with van der Waals surface area (Å²) in [5.74, 6) is -0.0316. The molecule has 1 heterocycles. The molecule has 3 aromatic carbocycles. The molecule has 36 heavy (non-hydrogen) atoms. The lowest BCUT2D eigenvalue weighted by Crippen LogP contribution is -2.28. The first-order chi connectivity index (χ1) is 17.4. The first kappa shape index (κ1) is 25.5. The molecule has 4 rings (SSSR count). The van der Waals surface area contributed by atoms with Gasteiger partial charge in [-0.1, -0.05) is 40.2 Å². The second-order valence-electron chi connectivity index (χ2n) is 7.74. The van der Waals surface area contributed by atoms with Crippen molar-refractivity contribution in [3.05, 3.63) is 92.8 Å². The summed E-state index contributed by atoms with van der Waals surface area (Å²) < 4.78 is 12.5. The zero-order chi connectivity index (χ0) is 25.7. The van der Waals surface area contributed by atoms with Gasteiger partial charge in [-0.3, -0.25) is 9.69 Å². The molecule has 0 spiro atoms. The molecular weight excluding hydrogens is 544 g/mol. The Morgan fingerprint density at radius 2 is 1.89 bits per heavy atom. The Labute approximate surface area is 221 Å². The normalized spacial score (nSPS) is 15.5. The number of thioether (sulfide) groups is 1. The molecule has 0 bridgehead atoms. The Morgan fingerprint density at radius 3 is 2.58 bits per heavy atom. The molecule has 9 heteroatoms. The number of amidine groups is 1. The maximum Gasteiger partial charge on any atom is 0.335 e. The first-order valence-corrected chi connectivity index (χ1v) is 12.7. The molecule has 0 unspecified atom stereocenters. The van der Waals surface area contributed by atoms with Crippen molar-refractivity contribution in [1.82, 2.24) is 4.90 Å². The van der Waals surface area contributed by atoms with Crippen LogP contribution >= 0.6 is 27.7 Å². The fourth-order valence-corrected chi connectivity index (χ4v) is 4.80. The number of carboxylic acid groups (broad SMARTS) is 1. The number of aromatic carboxylic acids is 1. The van der Waals surface area contributed by atoms with Gasteiger partial charge in [-0.05, 0) is 78.4 Å². The van der Waals surface area contributed by atoms with Crippen molar-refractivity contribution in [2.45, 2.75) is 13.5 Å². The summed E-state index contributed by atoms with van der Waals surface area (Å²) >= 11 is 4.67. The van der Waals surface area contributed by atoms with Gasteiger partial charge in [0.25, 0.3) is 5.91 Å². The lowest BCUT2D eigenvalue weighted by Gasteiger charge is -2.12. The number of ether oxygens (including phenoxy) is 2. The minimum Gasteiger partial charge on any atom is -0.493 e. The van der Waals surface area contributed by atoms with E-state index < -0.39 is 5.97 Å². The zero-order valence-corrected chi connectivity index (χ0v) is 22.0. The molecule has 7 nitrogen and oxygen atoms in total. The summed E-state index contributed by atoms with van der Waals surface area (Å²) in [7, 11) is 1.57. The number of carbonyl (C=O) groups excluding carboxylic acids is 1. The lowest BCUT2D eigenvalue weighted by molar-refractivity contribution is -0.122. The van der Waals surface area contributed by atoms with Crippen molar-refractivity contribution in [2.24, 2.45) is 4.99 Å². The molecular formula is C27H23BrN2O5S. The van der Waals surface area contributed by atoms with E-state index in [0.717, 1.165) is 15.6 Å². The molecule has 1 amide bonds. The van der Waals surface area contributed by atoms with Gasteiger partial charge in [0, 0.05) is 11.0 Å². The summed E-state index contributed by atoms with van der Waals surface area (Å²) in [4.78, 5) is 30.9. The highest BCUT2D eigenvalue weighted by Gasteiger charge is 2.32. The Hall–Kier alpha value is -3.56. The number of halogens is 1. The van der Waals surface area contributed by atoms with Crippen LogP contribution in [0.5, 0.6) is 11.5 Å². The van der Waals surface area contributed by atoms with Crippen LogP contribution in [0.2, 0.25) is 0 Å².